The maximum atomic E-state index is 12.7. The number of carbonyl (C=O) groups is 1. The van der Waals surface area contributed by atoms with E-state index in [1.165, 1.54) is 7.11 Å². The third-order valence-corrected chi connectivity index (χ3v) is 6.67. The van der Waals surface area contributed by atoms with Gasteiger partial charge in [0.05, 0.1) is 20.3 Å². The van der Waals surface area contributed by atoms with Gasteiger partial charge >= 0.3 is 5.97 Å². The van der Waals surface area contributed by atoms with Crippen LogP contribution in [0.25, 0.3) is 0 Å². The first-order chi connectivity index (χ1) is 12.9. The molecule has 4 heterocycles. The van der Waals surface area contributed by atoms with Gasteiger partial charge in [-0.05, 0) is 25.7 Å². The minimum atomic E-state index is -0.818. The highest BCUT2D eigenvalue weighted by atomic mass is 16.7. The Kier molecular flexibility index (Phi) is 3.50. The highest BCUT2D eigenvalue weighted by molar-refractivity contribution is 5.98. The highest BCUT2D eigenvalue weighted by Crippen LogP contribution is 2.55. The number of phenolic OH excluding ortho intramolecular Hbond substituents is 1. The van der Waals surface area contributed by atoms with Gasteiger partial charge in [-0.2, -0.15) is 0 Å². The summed E-state index contributed by atoms with van der Waals surface area (Å²) in [4.78, 5) is 12.7. The summed E-state index contributed by atoms with van der Waals surface area (Å²) in [6.45, 7) is 4.94. The highest BCUT2D eigenvalue weighted by Gasteiger charge is 2.52. The fraction of sp³-hybridized carbons (Fsp3) is 0.650. The van der Waals surface area contributed by atoms with Gasteiger partial charge in [-0.25, -0.2) is 4.79 Å². The molecule has 5 rings (SSSR count). The molecule has 1 aromatic carbocycles. The van der Waals surface area contributed by atoms with Crippen LogP contribution in [0.15, 0.2) is 0 Å². The monoisotopic (exact) mass is 376 g/mol. The zero-order chi connectivity index (χ0) is 19.0. The number of carbonyl (C=O) groups excluding carboxylic acids is 1. The van der Waals surface area contributed by atoms with E-state index in [0.29, 0.717) is 48.7 Å². The van der Waals surface area contributed by atoms with Crippen LogP contribution in [-0.2, 0) is 27.1 Å². The van der Waals surface area contributed by atoms with E-state index in [-0.39, 0.29) is 23.1 Å². The Morgan fingerprint density at radius 1 is 1.00 bits per heavy atom. The second kappa shape index (κ2) is 5.52. The molecule has 2 fully saturated rings. The molecule has 4 atom stereocenters. The zero-order valence-corrected chi connectivity index (χ0v) is 15.8. The Morgan fingerprint density at radius 2 is 1.48 bits per heavy atom. The molecule has 0 bridgehead atoms. The topological polar surface area (TPSA) is 83.5 Å². The molecule has 146 valence electrons. The lowest BCUT2D eigenvalue weighted by atomic mass is 9.81. The van der Waals surface area contributed by atoms with Crippen molar-refractivity contribution in [3.63, 3.8) is 0 Å². The Labute approximate surface area is 157 Å². The van der Waals surface area contributed by atoms with E-state index in [1.807, 2.05) is 13.8 Å². The van der Waals surface area contributed by atoms with Crippen LogP contribution >= 0.6 is 0 Å². The van der Waals surface area contributed by atoms with Crippen molar-refractivity contribution in [1.29, 1.82) is 0 Å². The summed E-state index contributed by atoms with van der Waals surface area (Å²) < 4.78 is 29.0. The SMILES string of the molecule is COC(=O)c1c2c(c(O)c3c1O[C@@]1(C)OCC[C@H]1C3)C[C@H]1CCO[C@@]1(C)O2. The van der Waals surface area contributed by atoms with Crippen LogP contribution in [0.1, 0.15) is 48.2 Å². The van der Waals surface area contributed by atoms with E-state index >= 15 is 0 Å². The van der Waals surface area contributed by atoms with Crippen molar-refractivity contribution in [2.24, 2.45) is 11.8 Å². The van der Waals surface area contributed by atoms with E-state index in [0.717, 1.165) is 12.8 Å². The number of hydrogen-bond acceptors (Lipinski definition) is 7. The van der Waals surface area contributed by atoms with Gasteiger partial charge in [-0.3, -0.25) is 0 Å². The van der Waals surface area contributed by atoms with Gasteiger partial charge in [-0.1, -0.05) is 0 Å². The maximum Gasteiger partial charge on any atom is 0.345 e. The fourth-order valence-corrected chi connectivity index (χ4v) is 4.96. The predicted octanol–water partition coefficient (Wildman–Crippen LogP) is 2.55. The molecule has 0 spiro atoms. The standard InChI is InChI=1S/C20H24O7/c1-19-10(4-6-24-19)8-12-15(21)13-9-11-5-7-25-20(11,2)27-17(13)14(16(12)26-19)18(22)23-3/h10-11,21H,4-9H2,1-3H3/t10-,11+,19+,20-. The first-order valence-corrected chi connectivity index (χ1v) is 9.51. The van der Waals surface area contributed by atoms with Gasteiger partial charge in [0.15, 0.2) is 0 Å². The van der Waals surface area contributed by atoms with Gasteiger partial charge in [0.2, 0.25) is 11.6 Å². The fourth-order valence-electron chi connectivity index (χ4n) is 4.96. The molecular weight excluding hydrogens is 352 g/mol. The molecule has 0 saturated carbocycles. The molecule has 27 heavy (non-hydrogen) atoms. The smallest absolute Gasteiger partial charge is 0.345 e. The van der Waals surface area contributed by atoms with Crippen LogP contribution < -0.4 is 9.47 Å². The van der Waals surface area contributed by atoms with Crippen LogP contribution in [0.2, 0.25) is 0 Å². The normalized spacial score (nSPS) is 36.0. The van der Waals surface area contributed by atoms with E-state index in [4.69, 9.17) is 23.7 Å². The average Bonchev–Trinajstić information content (AvgIpc) is 3.19. The van der Waals surface area contributed by atoms with Crippen LogP contribution in [0.4, 0.5) is 0 Å². The largest absolute Gasteiger partial charge is 0.507 e. The minimum absolute atomic E-state index is 0.129. The lowest BCUT2D eigenvalue weighted by Gasteiger charge is -2.41. The third kappa shape index (κ3) is 2.24. The zero-order valence-electron chi connectivity index (χ0n) is 15.8. The molecule has 7 nitrogen and oxygen atoms in total. The van der Waals surface area contributed by atoms with E-state index < -0.39 is 17.5 Å². The average molecular weight is 376 g/mol. The maximum absolute atomic E-state index is 12.7. The van der Waals surface area contributed by atoms with Crippen LogP contribution in [0.5, 0.6) is 17.2 Å². The molecule has 1 N–H and O–H groups in total. The molecule has 2 saturated heterocycles. The first-order valence-electron chi connectivity index (χ1n) is 9.51. The van der Waals surface area contributed by atoms with Crippen LogP contribution in [0.3, 0.4) is 0 Å². The number of rotatable bonds is 1. The Morgan fingerprint density at radius 3 is 1.93 bits per heavy atom. The number of hydrogen-bond donors (Lipinski definition) is 1. The summed E-state index contributed by atoms with van der Waals surface area (Å²) in [5, 5.41) is 11.1. The lowest BCUT2D eigenvalue weighted by molar-refractivity contribution is -0.170. The molecule has 0 radical (unpaired) electrons. The van der Waals surface area contributed by atoms with Crippen molar-refractivity contribution in [3.8, 4) is 17.2 Å². The number of benzene rings is 1. The van der Waals surface area contributed by atoms with E-state index in [1.54, 1.807) is 0 Å². The molecule has 4 aliphatic heterocycles. The summed E-state index contributed by atoms with van der Waals surface area (Å²) in [6, 6.07) is 0. The summed E-state index contributed by atoms with van der Waals surface area (Å²) in [7, 11) is 1.33. The quantitative estimate of drug-likeness (QED) is 0.754. The molecule has 0 aromatic heterocycles. The Bertz CT molecular complexity index is 777. The molecule has 0 amide bonds. The summed E-state index contributed by atoms with van der Waals surface area (Å²) in [5.74, 6) is -1.16. The molecule has 0 unspecified atom stereocenters. The van der Waals surface area contributed by atoms with Gasteiger partial charge in [0.25, 0.3) is 0 Å². The van der Waals surface area contributed by atoms with Gasteiger partial charge < -0.3 is 28.8 Å². The summed E-state index contributed by atoms with van der Waals surface area (Å²) in [6.07, 6.45) is 2.89. The minimum Gasteiger partial charge on any atom is -0.507 e. The van der Waals surface area contributed by atoms with Crippen molar-refractivity contribution in [3.05, 3.63) is 16.7 Å². The third-order valence-electron chi connectivity index (χ3n) is 6.67. The van der Waals surface area contributed by atoms with E-state index in [2.05, 4.69) is 0 Å². The van der Waals surface area contributed by atoms with E-state index in [9.17, 15) is 9.90 Å². The molecule has 1 aromatic rings. The van der Waals surface area contributed by atoms with Crippen molar-refractivity contribution in [2.45, 2.75) is 51.1 Å². The van der Waals surface area contributed by atoms with Crippen molar-refractivity contribution in [1.82, 2.24) is 0 Å². The van der Waals surface area contributed by atoms with Crippen molar-refractivity contribution < 1.29 is 33.6 Å². The second-order valence-corrected chi connectivity index (χ2v) is 8.14. The summed E-state index contributed by atoms with van der Waals surface area (Å²) in [5.41, 5.74) is 1.51. The second-order valence-electron chi connectivity index (χ2n) is 8.14. The predicted molar refractivity (Wildman–Crippen MR) is 93.0 cm³/mol. The van der Waals surface area contributed by atoms with Gasteiger partial charge in [-0.15, -0.1) is 0 Å². The van der Waals surface area contributed by atoms with Crippen molar-refractivity contribution >= 4 is 5.97 Å². The lowest BCUT2D eigenvalue weighted by Crippen LogP contribution is -2.45. The molecular formula is C20H24O7. The van der Waals surface area contributed by atoms with Crippen molar-refractivity contribution in [2.75, 3.05) is 20.3 Å². The van der Waals surface area contributed by atoms with Gasteiger partial charge in [0.1, 0.15) is 22.8 Å². The molecule has 7 heteroatoms. The Hall–Kier alpha value is -1.99. The Balaban J connectivity index is 1.73. The number of fused-ring (bicyclic) bond motifs is 4. The van der Waals surface area contributed by atoms with Gasteiger partial charge in [0, 0.05) is 36.8 Å². The molecule has 0 aliphatic carbocycles. The number of phenols is 1. The first kappa shape index (κ1) is 17.1. The number of aromatic hydroxyl groups is 1. The molecule has 4 aliphatic rings. The van der Waals surface area contributed by atoms with Crippen LogP contribution in [0, 0.1) is 11.8 Å². The number of methoxy groups -OCH3 is 1. The number of esters is 1. The summed E-state index contributed by atoms with van der Waals surface area (Å²) >= 11 is 0. The number of ether oxygens (including phenoxy) is 5. The van der Waals surface area contributed by atoms with Crippen LogP contribution in [-0.4, -0.2) is 43.0 Å².